The molecule has 0 radical (unpaired) electrons. The summed E-state index contributed by atoms with van der Waals surface area (Å²) >= 11 is 0. The molecule has 2 aromatic carbocycles. The molecule has 0 bridgehead atoms. The van der Waals surface area contributed by atoms with Gasteiger partial charge in [-0.1, -0.05) is 69.4 Å². The van der Waals surface area contributed by atoms with Crippen molar-refractivity contribution in [1.29, 1.82) is 0 Å². The summed E-state index contributed by atoms with van der Waals surface area (Å²) in [5.41, 5.74) is 1.31. The number of hydrogen-bond donors (Lipinski definition) is 0. The van der Waals surface area contributed by atoms with E-state index < -0.39 is 0 Å². The predicted molar refractivity (Wildman–Crippen MR) is 129 cm³/mol. The third-order valence-corrected chi connectivity index (χ3v) is 5.93. The van der Waals surface area contributed by atoms with E-state index in [1.807, 2.05) is 35.2 Å². The van der Waals surface area contributed by atoms with Crippen LogP contribution in [-0.2, 0) is 11.3 Å². The number of benzene rings is 2. The molecule has 0 N–H and O–H groups in total. The molecular formula is C27H38N2O3. The molecule has 2 aromatic rings. The van der Waals surface area contributed by atoms with Gasteiger partial charge in [0.15, 0.2) is 6.61 Å². The number of nitrogens with zero attached hydrogens (tertiary/aromatic N) is 2. The lowest BCUT2D eigenvalue weighted by atomic mass is 10.1. The van der Waals surface area contributed by atoms with Gasteiger partial charge in [-0.25, -0.2) is 0 Å². The Balaban J connectivity index is 1.29. The molecule has 1 amide bonds. The molecule has 0 aromatic heterocycles. The zero-order chi connectivity index (χ0) is 22.4. The highest BCUT2D eigenvalue weighted by Gasteiger charge is 2.21. The van der Waals surface area contributed by atoms with Crippen molar-refractivity contribution in [2.45, 2.75) is 52.0 Å². The monoisotopic (exact) mass is 438 g/mol. The number of carbonyl (C=O) groups is 1. The first-order valence-corrected chi connectivity index (χ1v) is 12.1. The lowest BCUT2D eigenvalue weighted by Crippen LogP contribution is -2.49. The third kappa shape index (κ3) is 8.54. The maximum atomic E-state index is 12.5. The molecule has 5 nitrogen and oxygen atoms in total. The average molecular weight is 439 g/mol. The molecule has 0 saturated carbocycles. The minimum absolute atomic E-state index is 0.0489. The number of amides is 1. The SMILES string of the molecule is CCCCCCCCOc1ccc(OCC(=O)N2CCN(Cc3ccccc3)CC2)cc1. The van der Waals surface area contributed by atoms with Gasteiger partial charge >= 0.3 is 0 Å². The zero-order valence-electron chi connectivity index (χ0n) is 19.5. The van der Waals surface area contributed by atoms with E-state index in [1.165, 1.54) is 37.7 Å². The van der Waals surface area contributed by atoms with Gasteiger partial charge in [-0.15, -0.1) is 0 Å². The van der Waals surface area contributed by atoms with Gasteiger partial charge in [0.2, 0.25) is 0 Å². The van der Waals surface area contributed by atoms with Crippen molar-refractivity contribution in [1.82, 2.24) is 9.80 Å². The predicted octanol–water partition coefficient (Wildman–Crippen LogP) is 5.15. The molecule has 3 rings (SSSR count). The van der Waals surface area contributed by atoms with Crippen LogP contribution in [0, 0.1) is 0 Å². The first-order chi connectivity index (χ1) is 15.7. The van der Waals surface area contributed by atoms with Gasteiger partial charge in [-0.05, 0) is 36.2 Å². The Hall–Kier alpha value is -2.53. The van der Waals surface area contributed by atoms with Crippen LogP contribution in [0.1, 0.15) is 51.0 Å². The summed E-state index contributed by atoms with van der Waals surface area (Å²) in [6.45, 7) is 7.29. The lowest BCUT2D eigenvalue weighted by Gasteiger charge is -2.34. The molecule has 0 unspecified atom stereocenters. The third-order valence-electron chi connectivity index (χ3n) is 5.93. The fraction of sp³-hybridized carbons (Fsp3) is 0.519. The van der Waals surface area contributed by atoms with Crippen LogP contribution in [0.2, 0.25) is 0 Å². The van der Waals surface area contributed by atoms with Gasteiger partial charge in [0.25, 0.3) is 5.91 Å². The van der Waals surface area contributed by atoms with Gasteiger partial charge in [-0.2, -0.15) is 0 Å². The second kappa shape index (κ2) is 13.8. The van der Waals surface area contributed by atoms with Crippen LogP contribution in [0.3, 0.4) is 0 Å². The maximum Gasteiger partial charge on any atom is 0.260 e. The minimum atomic E-state index is 0.0489. The van der Waals surface area contributed by atoms with E-state index in [4.69, 9.17) is 9.47 Å². The number of hydrogen-bond acceptors (Lipinski definition) is 4. The highest BCUT2D eigenvalue weighted by molar-refractivity contribution is 5.77. The fourth-order valence-corrected chi connectivity index (χ4v) is 3.94. The van der Waals surface area contributed by atoms with Crippen molar-refractivity contribution < 1.29 is 14.3 Å². The van der Waals surface area contributed by atoms with Crippen LogP contribution in [0.25, 0.3) is 0 Å². The Bertz CT molecular complexity index is 771. The van der Waals surface area contributed by atoms with E-state index in [0.29, 0.717) is 5.75 Å². The van der Waals surface area contributed by atoms with Crippen LogP contribution < -0.4 is 9.47 Å². The standard InChI is InChI=1S/C27H38N2O3/c1-2-3-4-5-6-10-21-31-25-13-15-26(16-14-25)32-23-27(30)29-19-17-28(18-20-29)22-24-11-8-7-9-12-24/h7-9,11-16H,2-6,10,17-23H2,1H3. The molecule has 0 aliphatic carbocycles. The molecule has 1 aliphatic rings. The van der Waals surface area contributed by atoms with Crippen molar-refractivity contribution in [3.63, 3.8) is 0 Å². The first-order valence-electron chi connectivity index (χ1n) is 12.1. The van der Waals surface area contributed by atoms with Crippen LogP contribution in [-0.4, -0.2) is 55.1 Å². The van der Waals surface area contributed by atoms with Crippen molar-refractivity contribution >= 4 is 5.91 Å². The normalized spacial score (nSPS) is 14.3. The van der Waals surface area contributed by atoms with Crippen molar-refractivity contribution in [3.8, 4) is 11.5 Å². The van der Waals surface area contributed by atoms with E-state index >= 15 is 0 Å². The Morgan fingerprint density at radius 3 is 2.09 bits per heavy atom. The quantitative estimate of drug-likeness (QED) is 0.406. The summed E-state index contributed by atoms with van der Waals surface area (Å²) in [6, 6.07) is 18.1. The molecule has 0 spiro atoms. The van der Waals surface area contributed by atoms with Crippen LogP contribution in [0.15, 0.2) is 54.6 Å². The Morgan fingerprint density at radius 2 is 1.41 bits per heavy atom. The Labute approximate surface area is 193 Å². The Morgan fingerprint density at radius 1 is 0.781 bits per heavy atom. The number of ether oxygens (including phenoxy) is 2. The second-order valence-electron chi connectivity index (χ2n) is 8.52. The molecule has 1 heterocycles. The molecule has 5 heteroatoms. The summed E-state index contributed by atoms with van der Waals surface area (Å²) in [5.74, 6) is 1.60. The van der Waals surface area contributed by atoms with Crippen molar-refractivity contribution in [3.05, 3.63) is 60.2 Å². The van der Waals surface area contributed by atoms with E-state index in [1.54, 1.807) is 0 Å². The van der Waals surface area contributed by atoms with Gasteiger partial charge in [0, 0.05) is 32.7 Å². The molecule has 1 fully saturated rings. The molecule has 1 saturated heterocycles. The smallest absolute Gasteiger partial charge is 0.260 e. The van der Waals surface area contributed by atoms with Crippen molar-refractivity contribution in [2.24, 2.45) is 0 Å². The Kier molecular flexibility index (Phi) is 10.4. The fourth-order valence-electron chi connectivity index (χ4n) is 3.94. The topological polar surface area (TPSA) is 42.0 Å². The van der Waals surface area contributed by atoms with E-state index in [-0.39, 0.29) is 12.5 Å². The summed E-state index contributed by atoms with van der Waals surface area (Å²) in [5, 5.41) is 0. The highest BCUT2D eigenvalue weighted by atomic mass is 16.5. The van der Waals surface area contributed by atoms with Gasteiger partial charge < -0.3 is 14.4 Å². The first kappa shape index (κ1) is 24.1. The largest absolute Gasteiger partial charge is 0.494 e. The van der Waals surface area contributed by atoms with Crippen LogP contribution in [0.5, 0.6) is 11.5 Å². The van der Waals surface area contributed by atoms with Gasteiger partial charge in [0.1, 0.15) is 11.5 Å². The molecule has 0 atom stereocenters. The minimum Gasteiger partial charge on any atom is -0.494 e. The van der Waals surface area contributed by atoms with E-state index in [0.717, 1.165) is 51.5 Å². The van der Waals surface area contributed by atoms with E-state index in [2.05, 4.69) is 36.1 Å². The number of carbonyl (C=O) groups excluding carboxylic acids is 1. The molecule has 174 valence electrons. The second-order valence-corrected chi connectivity index (χ2v) is 8.52. The zero-order valence-corrected chi connectivity index (χ0v) is 19.5. The lowest BCUT2D eigenvalue weighted by molar-refractivity contribution is -0.135. The van der Waals surface area contributed by atoms with Crippen LogP contribution in [0.4, 0.5) is 0 Å². The summed E-state index contributed by atoms with van der Waals surface area (Å²) in [7, 11) is 0. The van der Waals surface area contributed by atoms with Gasteiger partial charge in [0.05, 0.1) is 6.61 Å². The maximum absolute atomic E-state index is 12.5. The number of unbranched alkanes of at least 4 members (excludes halogenated alkanes) is 5. The summed E-state index contributed by atoms with van der Waals surface area (Å²) in [4.78, 5) is 16.8. The van der Waals surface area contributed by atoms with Gasteiger partial charge in [-0.3, -0.25) is 9.69 Å². The van der Waals surface area contributed by atoms with Crippen LogP contribution >= 0.6 is 0 Å². The summed E-state index contributed by atoms with van der Waals surface area (Å²) in [6.07, 6.45) is 7.54. The average Bonchev–Trinajstić information content (AvgIpc) is 2.84. The highest BCUT2D eigenvalue weighted by Crippen LogP contribution is 2.18. The summed E-state index contributed by atoms with van der Waals surface area (Å²) < 4.78 is 11.5. The molecule has 32 heavy (non-hydrogen) atoms. The van der Waals surface area contributed by atoms with E-state index in [9.17, 15) is 4.79 Å². The number of rotatable bonds is 13. The molecular weight excluding hydrogens is 400 g/mol. The van der Waals surface area contributed by atoms with Crippen molar-refractivity contribution in [2.75, 3.05) is 39.4 Å². The molecule has 1 aliphatic heterocycles. The number of piperazine rings is 1.